The summed E-state index contributed by atoms with van der Waals surface area (Å²) in [5.41, 5.74) is 3.93. The number of piperazine rings is 1. The molecule has 1 N–H and O–H groups in total. The first kappa shape index (κ1) is 18.4. The molecular weight excluding hydrogens is 352 g/mol. The van der Waals surface area contributed by atoms with Gasteiger partial charge in [0.2, 0.25) is 5.91 Å². The van der Waals surface area contributed by atoms with E-state index in [1.807, 2.05) is 71.6 Å². The molecule has 1 fully saturated rings. The second kappa shape index (κ2) is 7.59. The van der Waals surface area contributed by atoms with Crippen LogP contribution in [0.5, 0.6) is 0 Å². The van der Waals surface area contributed by atoms with Crippen LogP contribution in [0.15, 0.2) is 42.7 Å². The van der Waals surface area contributed by atoms with Crippen molar-refractivity contribution in [3.05, 3.63) is 65.5 Å². The summed E-state index contributed by atoms with van der Waals surface area (Å²) in [4.78, 5) is 19.7. The van der Waals surface area contributed by atoms with Gasteiger partial charge < -0.3 is 14.8 Å². The molecule has 1 aromatic carbocycles. The van der Waals surface area contributed by atoms with Gasteiger partial charge in [0.25, 0.3) is 0 Å². The van der Waals surface area contributed by atoms with Gasteiger partial charge in [-0.05, 0) is 26.0 Å². The number of carbonyl (C=O) groups excluding carboxylic acids is 1. The van der Waals surface area contributed by atoms with Crippen LogP contribution in [0.2, 0.25) is 0 Å². The molecule has 0 radical (unpaired) electrons. The molecule has 7 nitrogen and oxygen atoms in total. The smallest absolute Gasteiger partial charge is 0.227 e. The first-order valence-corrected chi connectivity index (χ1v) is 9.64. The second-order valence-electron chi connectivity index (χ2n) is 7.28. The van der Waals surface area contributed by atoms with Crippen LogP contribution in [-0.4, -0.2) is 49.8 Å². The van der Waals surface area contributed by atoms with Crippen LogP contribution in [0.3, 0.4) is 0 Å². The van der Waals surface area contributed by atoms with E-state index < -0.39 is 0 Å². The lowest BCUT2D eigenvalue weighted by Crippen LogP contribution is -2.50. The maximum atomic E-state index is 13.3. The summed E-state index contributed by atoms with van der Waals surface area (Å²) >= 11 is 0. The molecule has 146 valence electrons. The number of amides is 1. The second-order valence-corrected chi connectivity index (χ2v) is 7.28. The molecule has 1 aliphatic heterocycles. The van der Waals surface area contributed by atoms with E-state index in [9.17, 15) is 4.79 Å². The van der Waals surface area contributed by atoms with Crippen molar-refractivity contribution in [1.29, 1.82) is 0 Å². The van der Waals surface area contributed by atoms with Gasteiger partial charge in [0.05, 0.1) is 17.8 Å². The minimum atomic E-state index is -0.0500. The Labute approximate surface area is 165 Å². The van der Waals surface area contributed by atoms with Gasteiger partial charge in [-0.1, -0.05) is 18.2 Å². The number of nitrogens with zero attached hydrogens (tertiary/aromatic N) is 5. The standard InChI is InChI=1S/C21H26N6O/c1-15-18(16(2)27(24-15)17-7-5-4-6-8-17)13-20(28)26-12-9-22-14-19(26)21-23-10-11-25(21)3/h4-8,10-11,19,22H,9,12-14H2,1-3H3. The number of imidazole rings is 1. The van der Waals surface area contributed by atoms with Crippen LogP contribution in [0, 0.1) is 13.8 Å². The maximum Gasteiger partial charge on any atom is 0.227 e. The van der Waals surface area contributed by atoms with E-state index in [4.69, 9.17) is 0 Å². The van der Waals surface area contributed by atoms with Gasteiger partial charge in [-0.2, -0.15) is 5.10 Å². The summed E-state index contributed by atoms with van der Waals surface area (Å²) in [7, 11) is 1.97. The number of para-hydroxylation sites is 1. The number of hydrogen-bond donors (Lipinski definition) is 1. The Morgan fingerprint density at radius 1 is 1.25 bits per heavy atom. The summed E-state index contributed by atoms with van der Waals surface area (Å²) < 4.78 is 3.91. The zero-order valence-corrected chi connectivity index (χ0v) is 16.6. The summed E-state index contributed by atoms with van der Waals surface area (Å²) in [6, 6.07) is 9.98. The lowest BCUT2D eigenvalue weighted by molar-refractivity contribution is -0.134. The SMILES string of the molecule is Cc1nn(-c2ccccc2)c(C)c1CC(=O)N1CCNCC1c1nccn1C. The zero-order chi connectivity index (χ0) is 19.7. The highest BCUT2D eigenvalue weighted by molar-refractivity contribution is 5.80. The maximum absolute atomic E-state index is 13.3. The summed E-state index contributed by atoms with van der Waals surface area (Å²) in [6.07, 6.45) is 4.06. The van der Waals surface area contributed by atoms with Crippen molar-refractivity contribution < 1.29 is 4.79 Å². The molecular formula is C21H26N6O. The van der Waals surface area contributed by atoms with Gasteiger partial charge in [-0.15, -0.1) is 0 Å². The van der Waals surface area contributed by atoms with Gasteiger partial charge in [-0.3, -0.25) is 4.79 Å². The molecule has 0 spiro atoms. The Morgan fingerprint density at radius 3 is 2.75 bits per heavy atom. The third kappa shape index (κ3) is 3.33. The van der Waals surface area contributed by atoms with E-state index in [-0.39, 0.29) is 11.9 Å². The van der Waals surface area contributed by atoms with E-state index >= 15 is 0 Å². The molecule has 0 aliphatic carbocycles. The molecule has 3 heterocycles. The van der Waals surface area contributed by atoms with Crippen molar-refractivity contribution in [3.8, 4) is 5.69 Å². The predicted octanol–water partition coefficient (Wildman–Crippen LogP) is 1.94. The number of hydrogen-bond acceptors (Lipinski definition) is 4. The van der Waals surface area contributed by atoms with Crippen molar-refractivity contribution in [2.24, 2.45) is 7.05 Å². The Hall–Kier alpha value is -2.93. The highest BCUT2D eigenvalue weighted by Crippen LogP contribution is 2.24. The topological polar surface area (TPSA) is 68.0 Å². The summed E-state index contributed by atoms with van der Waals surface area (Å²) in [5, 5.41) is 8.06. The molecule has 1 amide bonds. The molecule has 0 bridgehead atoms. The van der Waals surface area contributed by atoms with E-state index in [0.29, 0.717) is 13.0 Å². The van der Waals surface area contributed by atoms with E-state index in [0.717, 1.165) is 41.6 Å². The van der Waals surface area contributed by atoms with E-state index in [1.54, 1.807) is 6.20 Å². The third-order valence-corrected chi connectivity index (χ3v) is 5.49. The van der Waals surface area contributed by atoms with Crippen molar-refractivity contribution in [1.82, 2.24) is 29.5 Å². The lowest BCUT2D eigenvalue weighted by atomic mass is 10.1. The molecule has 7 heteroatoms. The van der Waals surface area contributed by atoms with Crippen molar-refractivity contribution in [2.45, 2.75) is 26.3 Å². The van der Waals surface area contributed by atoms with Gasteiger partial charge in [0, 0.05) is 50.3 Å². The predicted molar refractivity (Wildman–Crippen MR) is 107 cm³/mol. The summed E-state index contributed by atoms with van der Waals surface area (Å²) in [6.45, 7) is 6.21. The van der Waals surface area contributed by atoms with Crippen LogP contribution in [-0.2, 0) is 18.3 Å². The Kier molecular flexibility index (Phi) is 5.00. The minimum absolute atomic E-state index is 0.0500. The number of carbonyl (C=O) groups is 1. The molecule has 28 heavy (non-hydrogen) atoms. The molecule has 4 rings (SSSR count). The number of benzene rings is 1. The Bertz CT molecular complexity index is 974. The lowest BCUT2D eigenvalue weighted by Gasteiger charge is -2.36. The van der Waals surface area contributed by atoms with E-state index in [1.165, 1.54) is 0 Å². The first-order valence-electron chi connectivity index (χ1n) is 9.64. The summed E-state index contributed by atoms with van der Waals surface area (Å²) in [5.74, 6) is 1.03. The monoisotopic (exact) mass is 378 g/mol. The van der Waals surface area contributed by atoms with Crippen molar-refractivity contribution in [3.63, 3.8) is 0 Å². The first-order chi connectivity index (χ1) is 13.6. The van der Waals surface area contributed by atoms with Crippen LogP contribution in [0.1, 0.15) is 28.8 Å². The van der Waals surface area contributed by atoms with Gasteiger partial charge >= 0.3 is 0 Å². The Morgan fingerprint density at radius 2 is 2.04 bits per heavy atom. The van der Waals surface area contributed by atoms with Crippen LogP contribution in [0.25, 0.3) is 5.69 Å². The normalized spacial score (nSPS) is 17.1. The van der Waals surface area contributed by atoms with Gasteiger partial charge in [0.1, 0.15) is 11.9 Å². The van der Waals surface area contributed by atoms with Crippen molar-refractivity contribution in [2.75, 3.05) is 19.6 Å². The molecule has 1 atom stereocenters. The van der Waals surface area contributed by atoms with Crippen LogP contribution < -0.4 is 5.32 Å². The molecule has 1 saturated heterocycles. The van der Waals surface area contributed by atoms with Crippen molar-refractivity contribution >= 4 is 5.91 Å². The molecule has 1 aliphatic rings. The number of aryl methyl sites for hydroxylation is 2. The quantitative estimate of drug-likeness (QED) is 0.753. The average Bonchev–Trinajstić information content (AvgIpc) is 3.26. The van der Waals surface area contributed by atoms with Gasteiger partial charge in [0.15, 0.2) is 0 Å². The zero-order valence-electron chi connectivity index (χ0n) is 16.6. The fraction of sp³-hybridized carbons (Fsp3) is 0.381. The molecule has 0 saturated carbocycles. The largest absolute Gasteiger partial charge is 0.336 e. The van der Waals surface area contributed by atoms with Crippen LogP contribution in [0.4, 0.5) is 0 Å². The fourth-order valence-electron chi connectivity index (χ4n) is 3.94. The number of rotatable bonds is 4. The highest BCUT2D eigenvalue weighted by Gasteiger charge is 2.31. The minimum Gasteiger partial charge on any atom is -0.336 e. The van der Waals surface area contributed by atoms with Gasteiger partial charge in [-0.25, -0.2) is 9.67 Å². The van der Waals surface area contributed by atoms with Crippen LogP contribution >= 0.6 is 0 Å². The third-order valence-electron chi connectivity index (χ3n) is 5.49. The molecule has 2 aromatic heterocycles. The Balaban J connectivity index is 1.59. The highest BCUT2D eigenvalue weighted by atomic mass is 16.2. The average molecular weight is 378 g/mol. The number of aromatic nitrogens is 4. The fourth-order valence-corrected chi connectivity index (χ4v) is 3.94. The van der Waals surface area contributed by atoms with E-state index in [2.05, 4.69) is 15.4 Å². The number of nitrogens with one attached hydrogen (secondary N) is 1. The molecule has 3 aromatic rings. The molecule has 1 unspecified atom stereocenters.